The third kappa shape index (κ3) is 6.14. The van der Waals surface area contributed by atoms with E-state index < -0.39 is 11.6 Å². The molecule has 1 aliphatic heterocycles. The summed E-state index contributed by atoms with van der Waals surface area (Å²) in [6.07, 6.45) is 5.08. The number of amides is 1. The standard InChI is InChI=1S/C36H32F3N7O/c1-21-10-13-41-30-9-5-24(16-28(21)30)33-32(23-2-6-26(37)7-3-23)44-34(40)35-43-31(20-46(33)35)36(47)42-18-22-11-14-45(15-12-22)19-25-4-8-27(38)17-29(25)39/h2-10,13,16-17,20,22H,11-12,14-15,18-19H2,1H3,(H2,40,44)(H,42,47). The van der Waals surface area contributed by atoms with Crippen molar-refractivity contribution in [2.75, 3.05) is 25.4 Å². The second kappa shape index (κ2) is 12.5. The molecule has 7 rings (SSSR count). The first-order valence-corrected chi connectivity index (χ1v) is 15.5. The molecule has 0 bridgehead atoms. The van der Waals surface area contributed by atoms with Gasteiger partial charge in [0, 0.05) is 53.6 Å². The minimum absolute atomic E-state index is 0.135. The van der Waals surface area contributed by atoms with E-state index in [1.54, 1.807) is 28.9 Å². The smallest absolute Gasteiger partial charge is 0.271 e. The Morgan fingerprint density at radius 3 is 2.45 bits per heavy atom. The Morgan fingerprint density at radius 2 is 1.68 bits per heavy atom. The van der Waals surface area contributed by atoms with Gasteiger partial charge in [0.1, 0.15) is 23.1 Å². The number of hydrogen-bond acceptors (Lipinski definition) is 6. The normalized spacial score (nSPS) is 14.2. The molecular weight excluding hydrogens is 603 g/mol. The highest BCUT2D eigenvalue weighted by molar-refractivity contribution is 5.95. The lowest BCUT2D eigenvalue weighted by Gasteiger charge is -2.32. The summed E-state index contributed by atoms with van der Waals surface area (Å²) in [5.41, 5.74) is 12.0. The number of rotatable bonds is 7. The maximum absolute atomic E-state index is 14.1. The second-order valence-electron chi connectivity index (χ2n) is 12.0. The Kier molecular flexibility index (Phi) is 8.07. The number of halogens is 3. The molecule has 1 saturated heterocycles. The van der Waals surface area contributed by atoms with Crippen LogP contribution in [0.4, 0.5) is 19.0 Å². The minimum Gasteiger partial charge on any atom is -0.381 e. The van der Waals surface area contributed by atoms with Gasteiger partial charge in [0.05, 0.1) is 16.9 Å². The van der Waals surface area contributed by atoms with Gasteiger partial charge in [-0.25, -0.2) is 23.1 Å². The van der Waals surface area contributed by atoms with Crippen molar-refractivity contribution in [3.05, 3.63) is 113 Å². The molecule has 3 aromatic heterocycles. The first-order chi connectivity index (χ1) is 22.7. The van der Waals surface area contributed by atoms with Gasteiger partial charge in [-0.3, -0.25) is 19.1 Å². The quantitative estimate of drug-likeness (QED) is 0.206. The van der Waals surface area contributed by atoms with Crippen LogP contribution >= 0.6 is 0 Å². The molecule has 0 aliphatic carbocycles. The molecule has 0 saturated carbocycles. The van der Waals surface area contributed by atoms with Gasteiger partial charge in [-0.2, -0.15) is 0 Å². The van der Waals surface area contributed by atoms with Crippen molar-refractivity contribution in [3.8, 4) is 22.5 Å². The SMILES string of the molecule is Cc1ccnc2ccc(-c3c(-c4ccc(F)cc4)nc(N)c4nc(C(=O)NCC5CCN(Cc6ccc(F)cc6F)CC5)cn34)cc12. The molecule has 0 spiro atoms. The number of benzene rings is 3. The number of piperidine rings is 1. The number of aromatic nitrogens is 4. The molecule has 3 N–H and O–H groups in total. The fourth-order valence-corrected chi connectivity index (χ4v) is 6.26. The molecule has 1 fully saturated rings. The number of nitrogen functional groups attached to an aromatic ring is 1. The molecule has 8 nitrogen and oxygen atoms in total. The van der Waals surface area contributed by atoms with Crippen molar-refractivity contribution in [2.24, 2.45) is 5.92 Å². The average Bonchev–Trinajstić information content (AvgIpc) is 3.52. The molecule has 3 aromatic carbocycles. The topological polar surface area (TPSA) is 101 Å². The summed E-state index contributed by atoms with van der Waals surface area (Å²) in [6.45, 7) is 4.37. The number of aryl methyl sites for hydroxylation is 1. The van der Waals surface area contributed by atoms with Gasteiger partial charge in [0.15, 0.2) is 11.5 Å². The zero-order chi connectivity index (χ0) is 32.7. The maximum Gasteiger partial charge on any atom is 0.271 e. The number of imidazole rings is 1. The van der Waals surface area contributed by atoms with Crippen LogP contribution < -0.4 is 11.1 Å². The summed E-state index contributed by atoms with van der Waals surface area (Å²) in [5, 5.41) is 3.99. The van der Waals surface area contributed by atoms with Crippen molar-refractivity contribution in [1.82, 2.24) is 29.6 Å². The molecule has 11 heteroatoms. The second-order valence-corrected chi connectivity index (χ2v) is 12.0. The van der Waals surface area contributed by atoms with Gasteiger partial charge in [-0.1, -0.05) is 12.1 Å². The molecule has 0 unspecified atom stereocenters. The van der Waals surface area contributed by atoms with Crippen LogP contribution in [-0.4, -0.2) is 49.8 Å². The number of anilines is 1. The monoisotopic (exact) mass is 635 g/mol. The molecule has 4 heterocycles. The van der Waals surface area contributed by atoms with Crippen molar-refractivity contribution in [2.45, 2.75) is 26.3 Å². The number of likely N-dealkylation sites (tertiary alicyclic amines) is 1. The fourth-order valence-electron chi connectivity index (χ4n) is 6.26. The molecule has 6 aromatic rings. The predicted octanol–water partition coefficient (Wildman–Crippen LogP) is 6.56. The Hall–Kier alpha value is -5.29. The van der Waals surface area contributed by atoms with Gasteiger partial charge in [-0.15, -0.1) is 0 Å². The van der Waals surface area contributed by atoms with E-state index in [-0.39, 0.29) is 29.2 Å². The molecule has 0 atom stereocenters. The van der Waals surface area contributed by atoms with Crippen LogP contribution in [-0.2, 0) is 6.54 Å². The Morgan fingerprint density at radius 1 is 0.936 bits per heavy atom. The zero-order valence-corrected chi connectivity index (χ0v) is 25.7. The maximum atomic E-state index is 14.1. The van der Waals surface area contributed by atoms with E-state index in [9.17, 15) is 18.0 Å². The predicted molar refractivity (Wildman–Crippen MR) is 175 cm³/mol. The van der Waals surface area contributed by atoms with Crippen molar-refractivity contribution >= 4 is 28.3 Å². The van der Waals surface area contributed by atoms with E-state index >= 15 is 0 Å². The van der Waals surface area contributed by atoms with Crippen LogP contribution in [0.5, 0.6) is 0 Å². The number of carbonyl (C=O) groups is 1. The number of nitrogens with two attached hydrogens (primary N) is 1. The summed E-state index contributed by atoms with van der Waals surface area (Å²) in [7, 11) is 0. The number of nitrogens with zero attached hydrogens (tertiary/aromatic N) is 5. The third-order valence-electron chi connectivity index (χ3n) is 8.88. The van der Waals surface area contributed by atoms with Crippen LogP contribution in [0.3, 0.4) is 0 Å². The number of fused-ring (bicyclic) bond motifs is 2. The zero-order valence-electron chi connectivity index (χ0n) is 25.7. The lowest BCUT2D eigenvalue weighted by molar-refractivity contribution is 0.0930. The van der Waals surface area contributed by atoms with Crippen molar-refractivity contribution in [3.63, 3.8) is 0 Å². The van der Waals surface area contributed by atoms with E-state index in [4.69, 9.17) is 10.7 Å². The summed E-state index contributed by atoms with van der Waals surface area (Å²) < 4.78 is 43.0. The van der Waals surface area contributed by atoms with Crippen LogP contribution in [0.25, 0.3) is 39.1 Å². The van der Waals surface area contributed by atoms with Gasteiger partial charge < -0.3 is 11.1 Å². The van der Waals surface area contributed by atoms with E-state index in [0.717, 1.165) is 54.0 Å². The lowest BCUT2D eigenvalue weighted by Crippen LogP contribution is -2.38. The lowest BCUT2D eigenvalue weighted by atomic mass is 9.96. The van der Waals surface area contributed by atoms with Gasteiger partial charge in [0.25, 0.3) is 5.91 Å². The summed E-state index contributed by atoms with van der Waals surface area (Å²) in [6, 6.07) is 17.5. The Balaban J connectivity index is 1.14. The Labute approximate surface area is 269 Å². The minimum atomic E-state index is -0.587. The summed E-state index contributed by atoms with van der Waals surface area (Å²) in [5.74, 6) is -1.45. The number of carbonyl (C=O) groups excluding carboxylic acids is 1. The largest absolute Gasteiger partial charge is 0.381 e. The summed E-state index contributed by atoms with van der Waals surface area (Å²) in [4.78, 5) is 29.3. The number of pyridine rings is 1. The van der Waals surface area contributed by atoms with Crippen LogP contribution in [0.15, 0.2) is 79.1 Å². The van der Waals surface area contributed by atoms with Gasteiger partial charge >= 0.3 is 0 Å². The van der Waals surface area contributed by atoms with Crippen molar-refractivity contribution in [1.29, 1.82) is 0 Å². The summed E-state index contributed by atoms with van der Waals surface area (Å²) >= 11 is 0. The molecule has 0 radical (unpaired) electrons. The molecule has 1 amide bonds. The number of hydrogen-bond donors (Lipinski definition) is 2. The first-order valence-electron chi connectivity index (χ1n) is 15.5. The Bertz CT molecular complexity index is 2120. The molecular formula is C36H32F3N7O. The van der Waals surface area contributed by atoms with Gasteiger partial charge in [0.2, 0.25) is 0 Å². The fraction of sp³-hybridized carbons (Fsp3) is 0.222. The van der Waals surface area contributed by atoms with Crippen molar-refractivity contribution < 1.29 is 18.0 Å². The number of nitrogens with one attached hydrogen (secondary N) is 1. The first kappa shape index (κ1) is 30.4. The molecule has 47 heavy (non-hydrogen) atoms. The van der Waals surface area contributed by atoms with E-state index in [2.05, 4.69) is 20.2 Å². The highest BCUT2D eigenvalue weighted by Gasteiger charge is 2.24. The third-order valence-corrected chi connectivity index (χ3v) is 8.88. The van der Waals surface area contributed by atoms with Gasteiger partial charge in [-0.05, 0) is 92.9 Å². The van der Waals surface area contributed by atoms with Crippen LogP contribution in [0, 0.1) is 30.3 Å². The van der Waals surface area contributed by atoms with E-state index in [1.807, 2.05) is 31.2 Å². The van der Waals surface area contributed by atoms with Crippen LogP contribution in [0.2, 0.25) is 0 Å². The average molecular weight is 636 g/mol. The van der Waals surface area contributed by atoms with E-state index in [1.165, 1.54) is 24.3 Å². The van der Waals surface area contributed by atoms with E-state index in [0.29, 0.717) is 41.3 Å². The molecule has 1 aliphatic rings. The molecule has 238 valence electrons. The van der Waals surface area contributed by atoms with Crippen LogP contribution in [0.1, 0.15) is 34.5 Å². The highest BCUT2D eigenvalue weighted by Crippen LogP contribution is 2.35. The highest BCUT2D eigenvalue weighted by atomic mass is 19.1.